The van der Waals surface area contributed by atoms with Gasteiger partial charge in [-0.3, -0.25) is 24.1 Å². The highest BCUT2D eigenvalue weighted by Crippen LogP contribution is 2.16. The summed E-state index contributed by atoms with van der Waals surface area (Å²) >= 11 is 0. The van der Waals surface area contributed by atoms with Gasteiger partial charge in [-0.15, -0.1) is 0 Å². The SMILES string of the molecule is CCCCCCCCCCCCCCC(CCOCCNC(=O)CCN1C(=O)C=CC1=O)C(N)=O. The molecule has 1 aliphatic rings. The standard InChI is InChI=1S/C27H47N3O5/c1-2-3-4-5-6-7-8-9-10-11-12-13-14-23(27(28)34)18-21-35-22-19-29-24(31)17-20-30-25(32)15-16-26(30)33/h15-16,23H,2-14,17-22H2,1H3,(H2,28,34)(H,29,31). The van der Waals surface area contributed by atoms with Crippen molar-refractivity contribution in [2.45, 2.75) is 103 Å². The van der Waals surface area contributed by atoms with E-state index < -0.39 is 11.8 Å². The number of hydrogen-bond acceptors (Lipinski definition) is 5. The maximum atomic E-state index is 11.8. The van der Waals surface area contributed by atoms with Crippen LogP contribution in [-0.4, -0.2) is 54.8 Å². The second kappa shape index (κ2) is 20.0. The van der Waals surface area contributed by atoms with Crippen LogP contribution in [0.25, 0.3) is 0 Å². The molecule has 3 N–H and O–H groups in total. The summed E-state index contributed by atoms with van der Waals surface area (Å²) in [6, 6.07) is 0. The molecule has 0 aromatic rings. The zero-order valence-electron chi connectivity index (χ0n) is 21.7. The average Bonchev–Trinajstić information content (AvgIpc) is 3.15. The molecule has 1 atom stereocenters. The summed E-state index contributed by atoms with van der Waals surface area (Å²) in [7, 11) is 0. The first-order valence-electron chi connectivity index (χ1n) is 13.6. The lowest BCUT2D eigenvalue weighted by atomic mass is 9.96. The van der Waals surface area contributed by atoms with Crippen LogP contribution in [0.1, 0.15) is 103 Å². The largest absolute Gasteiger partial charge is 0.380 e. The van der Waals surface area contributed by atoms with Crippen molar-refractivity contribution >= 4 is 23.6 Å². The topological polar surface area (TPSA) is 119 Å². The Hall–Kier alpha value is -2.22. The van der Waals surface area contributed by atoms with Crippen molar-refractivity contribution in [1.82, 2.24) is 10.2 Å². The van der Waals surface area contributed by atoms with E-state index in [-0.39, 0.29) is 30.7 Å². The molecule has 0 fully saturated rings. The lowest BCUT2D eigenvalue weighted by Gasteiger charge is -2.14. The third kappa shape index (κ3) is 15.4. The molecule has 0 saturated carbocycles. The van der Waals surface area contributed by atoms with Crippen LogP contribution in [0.2, 0.25) is 0 Å². The van der Waals surface area contributed by atoms with E-state index >= 15 is 0 Å². The van der Waals surface area contributed by atoms with Gasteiger partial charge in [0.15, 0.2) is 0 Å². The summed E-state index contributed by atoms with van der Waals surface area (Å²) in [5.41, 5.74) is 5.55. The van der Waals surface area contributed by atoms with Crippen molar-refractivity contribution in [2.75, 3.05) is 26.3 Å². The Morgan fingerprint density at radius 1 is 0.857 bits per heavy atom. The smallest absolute Gasteiger partial charge is 0.253 e. The van der Waals surface area contributed by atoms with Gasteiger partial charge in [0.05, 0.1) is 6.61 Å². The molecule has 8 heteroatoms. The fraction of sp³-hybridized carbons (Fsp3) is 0.778. The molecule has 0 aliphatic carbocycles. The Balaban J connectivity index is 1.96. The molecule has 1 heterocycles. The lowest BCUT2D eigenvalue weighted by Crippen LogP contribution is -2.35. The summed E-state index contributed by atoms with van der Waals surface area (Å²) in [6.45, 7) is 3.40. The minimum atomic E-state index is -0.390. The molecule has 0 saturated heterocycles. The molecule has 0 aromatic carbocycles. The van der Waals surface area contributed by atoms with Crippen LogP contribution >= 0.6 is 0 Å². The fourth-order valence-electron chi connectivity index (χ4n) is 4.20. The van der Waals surface area contributed by atoms with Crippen LogP contribution in [0.4, 0.5) is 0 Å². The van der Waals surface area contributed by atoms with E-state index in [9.17, 15) is 19.2 Å². The number of amides is 4. The number of hydrogen-bond donors (Lipinski definition) is 2. The van der Waals surface area contributed by atoms with E-state index in [0.717, 1.165) is 24.2 Å². The molecule has 1 rings (SSSR count). The van der Waals surface area contributed by atoms with E-state index in [1.54, 1.807) is 0 Å². The highest BCUT2D eigenvalue weighted by atomic mass is 16.5. The summed E-state index contributed by atoms with van der Waals surface area (Å²) in [5, 5.41) is 2.70. The first kappa shape index (κ1) is 30.8. The van der Waals surface area contributed by atoms with E-state index in [1.807, 2.05) is 0 Å². The van der Waals surface area contributed by atoms with Crippen LogP contribution in [0.15, 0.2) is 12.2 Å². The minimum absolute atomic E-state index is 0.0575. The number of nitrogens with zero attached hydrogens (tertiary/aromatic N) is 1. The second-order valence-corrected chi connectivity index (χ2v) is 9.44. The van der Waals surface area contributed by atoms with Crippen molar-refractivity contribution in [2.24, 2.45) is 11.7 Å². The van der Waals surface area contributed by atoms with Gasteiger partial charge in [-0.25, -0.2) is 0 Å². The van der Waals surface area contributed by atoms with Crippen molar-refractivity contribution in [1.29, 1.82) is 0 Å². The number of rotatable bonds is 23. The van der Waals surface area contributed by atoms with Gasteiger partial charge in [0.2, 0.25) is 11.8 Å². The first-order valence-corrected chi connectivity index (χ1v) is 13.6. The molecule has 0 bridgehead atoms. The van der Waals surface area contributed by atoms with Crippen molar-refractivity contribution in [3.8, 4) is 0 Å². The Morgan fingerprint density at radius 3 is 1.94 bits per heavy atom. The highest BCUT2D eigenvalue weighted by Gasteiger charge is 2.23. The molecular weight excluding hydrogens is 446 g/mol. The quantitative estimate of drug-likeness (QED) is 0.165. The third-order valence-corrected chi connectivity index (χ3v) is 6.45. The molecule has 1 aliphatic heterocycles. The van der Waals surface area contributed by atoms with Crippen molar-refractivity contribution in [3.05, 3.63) is 12.2 Å². The number of nitrogens with one attached hydrogen (secondary N) is 1. The molecule has 4 amide bonds. The van der Waals surface area contributed by atoms with Gasteiger partial charge in [-0.2, -0.15) is 0 Å². The third-order valence-electron chi connectivity index (χ3n) is 6.45. The van der Waals surface area contributed by atoms with Crippen LogP contribution in [-0.2, 0) is 23.9 Å². The van der Waals surface area contributed by atoms with Gasteiger partial charge in [0, 0.05) is 44.2 Å². The lowest BCUT2D eigenvalue weighted by molar-refractivity contribution is -0.137. The molecule has 0 aromatic heterocycles. The van der Waals surface area contributed by atoms with E-state index in [0.29, 0.717) is 26.2 Å². The van der Waals surface area contributed by atoms with Gasteiger partial charge in [-0.1, -0.05) is 84.0 Å². The number of carbonyl (C=O) groups excluding carboxylic acids is 4. The van der Waals surface area contributed by atoms with Crippen LogP contribution in [0.3, 0.4) is 0 Å². The Morgan fingerprint density at radius 2 is 1.40 bits per heavy atom. The number of carbonyl (C=O) groups is 4. The maximum absolute atomic E-state index is 11.8. The Kier molecular flexibility index (Phi) is 17.6. The van der Waals surface area contributed by atoms with Crippen molar-refractivity contribution < 1.29 is 23.9 Å². The van der Waals surface area contributed by atoms with Crippen molar-refractivity contribution in [3.63, 3.8) is 0 Å². The molecule has 0 spiro atoms. The summed E-state index contributed by atoms with van der Waals surface area (Å²) in [4.78, 5) is 47.5. The monoisotopic (exact) mass is 493 g/mol. The van der Waals surface area contributed by atoms with Gasteiger partial charge < -0.3 is 15.8 Å². The predicted molar refractivity (Wildman–Crippen MR) is 137 cm³/mol. The number of primary amides is 1. The molecule has 200 valence electrons. The summed E-state index contributed by atoms with van der Waals surface area (Å²) in [6.07, 6.45) is 19.3. The first-order chi connectivity index (χ1) is 17.0. The Labute approximate surface area is 211 Å². The molecule has 0 radical (unpaired) electrons. The zero-order valence-corrected chi connectivity index (χ0v) is 21.7. The van der Waals surface area contributed by atoms with Crippen LogP contribution in [0, 0.1) is 5.92 Å². The minimum Gasteiger partial charge on any atom is -0.380 e. The van der Waals surface area contributed by atoms with Gasteiger partial charge in [0.25, 0.3) is 11.8 Å². The highest BCUT2D eigenvalue weighted by molar-refractivity contribution is 6.13. The van der Waals surface area contributed by atoms with Crippen LogP contribution < -0.4 is 11.1 Å². The number of unbranched alkanes of at least 4 members (excludes halogenated alkanes) is 11. The normalized spacial score (nSPS) is 14.0. The number of ether oxygens (including phenoxy) is 1. The molecule has 1 unspecified atom stereocenters. The summed E-state index contributed by atoms with van der Waals surface area (Å²) in [5.74, 6) is -1.47. The zero-order chi connectivity index (χ0) is 25.7. The second-order valence-electron chi connectivity index (χ2n) is 9.44. The van der Waals surface area contributed by atoms with E-state index in [4.69, 9.17) is 10.5 Å². The Bertz CT molecular complexity index is 647. The molecular formula is C27H47N3O5. The van der Waals surface area contributed by atoms with Gasteiger partial charge in [-0.05, 0) is 12.8 Å². The molecule has 8 nitrogen and oxygen atoms in total. The van der Waals surface area contributed by atoms with Gasteiger partial charge >= 0.3 is 0 Å². The predicted octanol–water partition coefficient (Wildman–Crippen LogP) is 4.02. The van der Waals surface area contributed by atoms with Crippen LogP contribution in [0.5, 0.6) is 0 Å². The number of imide groups is 1. The fourth-order valence-corrected chi connectivity index (χ4v) is 4.20. The molecule has 35 heavy (non-hydrogen) atoms. The average molecular weight is 494 g/mol. The van der Waals surface area contributed by atoms with E-state index in [2.05, 4.69) is 12.2 Å². The number of nitrogens with two attached hydrogens (primary N) is 1. The maximum Gasteiger partial charge on any atom is 0.253 e. The summed E-state index contributed by atoms with van der Waals surface area (Å²) < 4.78 is 5.54. The van der Waals surface area contributed by atoms with Gasteiger partial charge in [0.1, 0.15) is 0 Å². The van der Waals surface area contributed by atoms with E-state index in [1.165, 1.54) is 76.4 Å².